The van der Waals surface area contributed by atoms with Crippen LogP contribution in [0.4, 0.5) is 0 Å². The maximum absolute atomic E-state index is 3.99. The molecule has 0 saturated carbocycles. The number of quaternary nitrogens is 1. The van der Waals surface area contributed by atoms with Gasteiger partial charge in [-0.3, -0.25) is 0 Å². The lowest BCUT2D eigenvalue weighted by Gasteiger charge is -2.05. The summed E-state index contributed by atoms with van der Waals surface area (Å²) < 4.78 is 0. The van der Waals surface area contributed by atoms with Crippen molar-refractivity contribution in [2.75, 3.05) is 33.7 Å². The molecule has 0 atom stereocenters. The van der Waals surface area contributed by atoms with Crippen LogP contribution in [0.2, 0.25) is 0 Å². The number of rotatable bonds is 5. The van der Waals surface area contributed by atoms with Crippen LogP contribution in [0.25, 0.3) is 0 Å². The van der Waals surface area contributed by atoms with Crippen LogP contribution in [0.5, 0.6) is 0 Å². The zero-order chi connectivity index (χ0) is 8.53. The Morgan fingerprint density at radius 2 is 1.79 bits per heavy atom. The van der Waals surface area contributed by atoms with Gasteiger partial charge in [-0.2, -0.15) is 0 Å². The molecular formula is C8H22Cl2N4. The van der Waals surface area contributed by atoms with E-state index in [1.165, 1.54) is 0 Å². The van der Waals surface area contributed by atoms with Gasteiger partial charge < -0.3 is 23.5 Å². The van der Waals surface area contributed by atoms with Gasteiger partial charge in [-0.1, -0.05) is 0 Å². The fraction of sp³-hybridized carbons (Fsp3) is 0.875. The normalized spacial score (nSPS) is 7.43. The van der Waals surface area contributed by atoms with Gasteiger partial charge in [0, 0.05) is 6.54 Å². The van der Waals surface area contributed by atoms with Gasteiger partial charge in [0.25, 0.3) is 0 Å². The van der Waals surface area contributed by atoms with Crippen molar-refractivity contribution in [1.82, 2.24) is 11.1 Å². The first-order valence-electron chi connectivity index (χ1n) is 4.00. The summed E-state index contributed by atoms with van der Waals surface area (Å²) in [6, 6.07) is 2.64. The van der Waals surface area contributed by atoms with Crippen molar-refractivity contribution in [3.05, 3.63) is 0 Å². The summed E-state index contributed by atoms with van der Waals surface area (Å²) in [6.45, 7) is 4.67. The highest BCUT2D eigenvalue weighted by atomic mass is 35.5. The predicted molar refractivity (Wildman–Crippen MR) is 61.7 cm³/mol. The molecule has 4 nitrogen and oxygen atoms in total. The first-order chi connectivity index (χ1) is 5.27. The molecule has 14 heavy (non-hydrogen) atoms. The van der Waals surface area contributed by atoms with E-state index < -0.39 is 0 Å². The molecule has 0 saturated heterocycles. The topological polar surface area (TPSA) is 64.5 Å². The second-order valence-electron chi connectivity index (χ2n) is 2.61. The standard InChI is InChI=1S/C8H17N3.2ClH.H3N/c1-4-9-8-10-6-5-7-11(2)3;;;/h4-7H2,1-3H3;2*1H;1H3. The molecule has 0 rings (SSSR count). The molecule has 0 aromatic rings. The Labute approximate surface area is 99.3 Å². The van der Waals surface area contributed by atoms with E-state index >= 15 is 0 Å². The van der Waals surface area contributed by atoms with Gasteiger partial charge in [0.2, 0.25) is 0 Å². The molecule has 0 amide bonds. The minimum Gasteiger partial charge on any atom is -1.00 e. The van der Waals surface area contributed by atoms with Crippen LogP contribution in [0.15, 0.2) is 9.98 Å². The number of nitrogens with zero attached hydrogens (tertiary/aromatic N) is 3. The van der Waals surface area contributed by atoms with Crippen LogP contribution in [0, 0.1) is 0 Å². The fourth-order valence-corrected chi connectivity index (χ4v) is 0.637. The highest BCUT2D eigenvalue weighted by Gasteiger charge is 1.86. The molecule has 0 radical (unpaired) electrons. The zero-order valence-electron chi connectivity index (χ0n) is 9.46. The quantitative estimate of drug-likeness (QED) is 0.486. The molecule has 0 heterocycles. The van der Waals surface area contributed by atoms with Gasteiger partial charge in [0.1, 0.15) is 0 Å². The summed E-state index contributed by atoms with van der Waals surface area (Å²) in [5.41, 5.74) is 0. The minimum atomic E-state index is 0. The summed E-state index contributed by atoms with van der Waals surface area (Å²) in [5.74, 6) is 0. The van der Waals surface area contributed by atoms with E-state index in [1.807, 2.05) is 6.92 Å². The van der Waals surface area contributed by atoms with Crippen molar-refractivity contribution < 1.29 is 12.4 Å². The number of halogens is 2. The van der Waals surface area contributed by atoms with Crippen molar-refractivity contribution in [3.63, 3.8) is 0 Å². The fourth-order valence-electron chi connectivity index (χ4n) is 0.637. The second-order valence-corrected chi connectivity index (χ2v) is 2.61. The van der Waals surface area contributed by atoms with Crippen LogP contribution in [0.1, 0.15) is 13.3 Å². The van der Waals surface area contributed by atoms with Crippen molar-refractivity contribution in [1.29, 1.82) is 0 Å². The molecule has 88 valence electrons. The third kappa shape index (κ3) is 22.6. The van der Waals surface area contributed by atoms with Gasteiger partial charge in [-0.05, 0) is 34.0 Å². The molecule has 0 unspecified atom stereocenters. The van der Waals surface area contributed by atoms with Gasteiger partial charge in [0.15, 0.2) is 0 Å². The highest BCUT2D eigenvalue weighted by molar-refractivity contribution is 5.85. The van der Waals surface area contributed by atoms with E-state index in [0.717, 1.165) is 26.1 Å². The van der Waals surface area contributed by atoms with E-state index in [2.05, 4.69) is 35.0 Å². The minimum absolute atomic E-state index is 0. The van der Waals surface area contributed by atoms with E-state index in [4.69, 9.17) is 0 Å². The summed E-state index contributed by atoms with van der Waals surface area (Å²) >= 11 is 0. The van der Waals surface area contributed by atoms with Crippen molar-refractivity contribution in [2.45, 2.75) is 13.3 Å². The van der Waals surface area contributed by atoms with Crippen LogP contribution < -0.4 is 18.6 Å². The number of hydrogen-bond donors (Lipinski definition) is 1. The van der Waals surface area contributed by atoms with Crippen molar-refractivity contribution in [3.8, 4) is 0 Å². The molecule has 0 fully saturated rings. The third-order valence-corrected chi connectivity index (χ3v) is 1.17. The van der Waals surface area contributed by atoms with Gasteiger partial charge in [-0.15, -0.1) is 12.4 Å². The lowest BCUT2D eigenvalue weighted by atomic mass is 10.4. The second kappa shape index (κ2) is 18.6. The molecule has 0 spiro atoms. The Morgan fingerprint density at radius 1 is 1.21 bits per heavy atom. The first-order valence-corrected chi connectivity index (χ1v) is 4.00. The Hall–Kier alpha value is -0.120. The summed E-state index contributed by atoms with van der Waals surface area (Å²) in [7, 11) is 4.12. The number of aliphatic imine (C=N–C) groups is 2. The maximum atomic E-state index is 3.99. The van der Waals surface area contributed by atoms with Gasteiger partial charge in [0.05, 0.1) is 12.6 Å². The van der Waals surface area contributed by atoms with Crippen LogP contribution in [0.3, 0.4) is 0 Å². The Balaban J connectivity index is -0.000000167. The molecule has 0 aliphatic carbocycles. The monoisotopic (exact) mass is 244 g/mol. The Bertz CT molecular complexity index is 144. The molecule has 0 aromatic carbocycles. The molecule has 4 N–H and O–H groups in total. The SMILES string of the molecule is CCN=C=NCCCN(C)C.Cl.[Cl-].[NH4+]. The van der Waals surface area contributed by atoms with Gasteiger partial charge in [-0.25, -0.2) is 9.98 Å². The van der Waals surface area contributed by atoms with Crippen LogP contribution >= 0.6 is 12.4 Å². The smallest absolute Gasteiger partial charge is 0.0892 e. The van der Waals surface area contributed by atoms with E-state index in [-0.39, 0.29) is 31.0 Å². The zero-order valence-corrected chi connectivity index (χ0v) is 11.0. The lowest BCUT2D eigenvalue weighted by Crippen LogP contribution is -3.00. The summed E-state index contributed by atoms with van der Waals surface area (Å²) in [6.07, 6.45) is 1.08. The first kappa shape index (κ1) is 23.6. The summed E-state index contributed by atoms with van der Waals surface area (Å²) in [5, 5.41) is 0. The van der Waals surface area contributed by atoms with E-state index in [1.54, 1.807) is 0 Å². The summed E-state index contributed by atoms with van der Waals surface area (Å²) in [4.78, 5) is 9.99. The van der Waals surface area contributed by atoms with Crippen LogP contribution in [-0.2, 0) is 0 Å². The van der Waals surface area contributed by atoms with Gasteiger partial charge >= 0.3 is 0 Å². The highest BCUT2D eigenvalue weighted by Crippen LogP contribution is 1.82. The molecule has 0 bridgehead atoms. The Kier molecular flexibility index (Phi) is 31.4. The maximum Gasteiger partial charge on any atom is 0.0892 e. The molecular weight excluding hydrogens is 223 g/mol. The predicted octanol–water partition coefficient (Wildman–Crippen LogP) is -1.07. The van der Waals surface area contributed by atoms with Crippen LogP contribution in [-0.4, -0.2) is 44.6 Å². The molecule has 6 heteroatoms. The van der Waals surface area contributed by atoms with E-state index in [9.17, 15) is 0 Å². The average molecular weight is 245 g/mol. The average Bonchev–Trinajstić information content (AvgIpc) is 1.96. The molecule has 0 aromatic heterocycles. The third-order valence-electron chi connectivity index (χ3n) is 1.17. The molecule has 0 aliphatic heterocycles. The van der Waals surface area contributed by atoms with Crippen molar-refractivity contribution in [2.24, 2.45) is 9.98 Å². The lowest BCUT2D eigenvalue weighted by molar-refractivity contribution is -0.00000325. The van der Waals surface area contributed by atoms with E-state index in [0.29, 0.717) is 0 Å². The number of hydrogen-bond acceptors (Lipinski definition) is 3. The Morgan fingerprint density at radius 3 is 2.21 bits per heavy atom. The largest absolute Gasteiger partial charge is 1.00 e. The van der Waals surface area contributed by atoms with Crippen molar-refractivity contribution >= 4 is 18.4 Å². The molecule has 0 aliphatic rings.